The number of aromatic carboxylic acids is 1. The zero-order valence-corrected chi connectivity index (χ0v) is 9.41. The highest BCUT2D eigenvalue weighted by atomic mass is 19.1. The van der Waals surface area contributed by atoms with E-state index in [1.54, 1.807) is 6.92 Å². The summed E-state index contributed by atoms with van der Waals surface area (Å²) in [4.78, 5) is 21.9. The number of benzene rings is 1. The minimum absolute atomic E-state index is 0.126. The summed E-state index contributed by atoms with van der Waals surface area (Å²) in [7, 11) is 0. The third-order valence-corrected chi connectivity index (χ3v) is 1.93. The monoisotopic (exact) mass is 241 g/mol. The number of hydrogen-bond acceptors (Lipinski definition) is 3. The zero-order chi connectivity index (χ0) is 13.0. The highest BCUT2D eigenvalue weighted by molar-refractivity contribution is 6.02. The number of carbonyl (C=O) groups is 2. The maximum atomic E-state index is 13.4. The first kappa shape index (κ1) is 13.0. The van der Waals surface area contributed by atoms with Crippen molar-refractivity contribution >= 4 is 17.6 Å². The predicted octanol–water partition coefficient (Wildman–Crippen LogP) is 1.88. The molecule has 1 rings (SSSR count). The Morgan fingerprint density at radius 3 is 2.59 bits per heavy atom. The van der Waals surface area contributed by atoms with Gasteiger partial charge in [-0.3, -0.25) is 4.79 Å². The summed E-state index contributed by atoms with van der Waals surface area (Å²) >= 11 is 0. The number of hydrogen-bond donors (Lipinski definition) is 2. The van der Waals surface area contributed by atoms with Crippen LogP contribution in [0.5, 0.6) is 5.75 Å². The average Bonchev–Trinajstić information content (AvgIpc) is 2.21. The number of carbonyl (C=O) groups excluding carboxylic acids is 1. The summed E-state index contributed by atoms with van der Waals surface area (Å²) in [5.41, 5.74) is -0.766. The standard InChI is InChI=1S/C11H12FNO4/c1-3-17-8-5-4-7(12)9(11(15)16)10(8)13-6(2)14/h4-5H,3H2,1-2H3,(H,13,14)(H,15,16). The Balaban J connectivity index is 3.38. The Bertz CT molecular complexity index is 459. The molecule has 1 amide bonds. The highest BCUT2D eigenvalue weighted by Crippen LogP contribution is 2.30. The largest absolute Gasteiger partial charge is 0.492 e. The van der Waals surface area contributed by atoms with Gasteiger partial charge in [-0.15, -0.1) is 0 Å². The van der Waals surface area contributed by atoms with E-state index in [0.29, 0.717) is 0 Å². The quantitative estimate of drug-likeness (QED) is 0.843. The van der Waals surface area contributed by atoms with Gasteiger partial charge in [0, 0.05) is 6.92 Å². The van der Waals surface area contributed by atoms with Gasteiger partial charge in [0.25, 0.3) is 0 Å². The zero-order valence-electron chi connectivity index (χ0n) is 9.41. The van der Waals surface area contributed by atoms with Crippen LogP contribution in [0.15, 0.2) is 12.1 Å². The molecule has 0 aliphatic heterocycles. The topological polar surface area (TPSA) is 75.6 Å². The van der Waals surface area contributed by atoms with Crippen molar-refractivity contribution in [3.8, 4) is 5.75 Å². The summed E-state index contributed by atoms with van der Waals surface area (Å²) in [5, 5.41) is 11.2. The van der Waals surface area contributed by atoms with Crippen molar-refractivity contribution in [1.82, 2.24) is 0 Å². The minimum Gasteiger partial charge on any atom is -0.492 e. The number of amides is 1. The van der Waals surface area contributed by atoms with E-state index in [-0.39, 0.29) is 18.0 Å². The van der Waals surface area contributed by atoms with Crippen LogP contribution in [0.3, 0.4) is 0 Å². The Morgan fingerprint density at radius 1 is 1.47 bits per heavy atom. The number of nitrogens with one attached hydrogen (secondary N) is 1. The Kier molecular flexibility index (Phi) is 4.03. The van der Waals surface area contributed by atoms with Crippen molar-refractivity contribution in [2.24, 2.45) is 0 Å². The Labute approximate surface area is 97.2 Å². The number of rotatable bonds is 4. The SMILES string of the molecule is CCOc1ccc(F)c(C(=O)O)c1NC(C)=O. The van der Waals surface area contributed by atoms with Crippen LogP contribution >= 0.6 is 0 Å². The van der Waals surface area contributed by atoms with E-state index in [1.165, 1.54) is 13.0 Å². The summed E-state index contributed by atoms with van der Waals surface area (Å²) in [6.07, 6.45) is 0. The van der Waals surface area contributed by atoms with Gasteiger partial charge in [0.2, 0.25) is 5.91 Å². The molecule has 0 heterocycles. The molecule has 0 spiro atoms. The molecule has 1 aromatic carbocycles. The normalized spacial score (nSPS) is 9.82. The van der Waals surface area contributed by atoms with E-state index in [1.807, 2.05) is 0 Å². The second kappa shape index (κ2) is 5.29. The lowest BCUT2D eigenvalue weighted by molar-refractivity contribution is -0.114. The fraction of sp³-hybridized carbons (Fsp3) is 0.273. The van der Waals surface area contributed by atoms with E-state index in [0.717, 1.165) is 6.07 Å². The molecule has 0 unspecified atom stereocenters. The number of halogens is 1. The Morgan fingerprint density at radius 2 is 2.12 bits per heavy atom. The van der Waals surface area contributed by atoms with Crippen molar-refractivity contribution in [3.05, 3.63) is 23.5 Å². The van der Waals surface area contributed by atoms with Crippen molar-refractivity contribution in [2.75, 3.05) is 11.9 Å². The van der Waals surface area contributed by atoms with E-state index >= 15 is 0 Å². The number of carboxylic acid groups (broad SMARTS) is 1. The van der Waals surface area contributed by atoms with Crippen molar-refractivity contribution in [1.29, 1.82) is 0 Å². The summed E-state index contributed by atoms with van der Waals surface area (Å²) < 4.78 is 18.5. The van der Waals surface area contributed by atoms with Gasteiger partial charge in [-0.2, -0.15) is 0 Å². The summed E-state index contributed by atoms with van der Waals surface area (Å²) in [5.74, 6) is -2.77. The molecule has 1 aromatic rings. The molecule has 0 saturated carbocycles. The molecule has 92 valence electrons. The lowest BCUT2D eigenvalue weighted by atomic mass is 10.1. The number of anilines is 1. The van der Waals surface area contributed by atoms with Crippen LogP contribution in [-0.4, -0.2) is 23.6 Å². The minimum atomic E-state index is -1.46. The fourth-order valence-corrected chi connectivity index (χ4v) is 1.34. The molecule has 0 saturated heterocycles. The van der Waals surface area contributed by atoms with Gasteiger partial charge in [0.1, 0.15) is 22.8 Å². The van der Waals surface area contributed by atoms with E-state index in [4.69, 9.17) is 9.84 Å². The van der Waals surface area contributed by atoms with Gasteiger partial charge in [-0.05, 0) is 19.1 Å². The molecule has 0 aliphatic rings. The molecule has 0 bridgehead atoms. The van der Waals surface area contributed by atoms with Crippen molar-refractivity contribution in [3.63, 3.8) is 0 Å². The lowest BCUT2D eigenvalue weighted by Crippen LogP contribution is -2.14. The van der Waals surface area contributed by atoms with E-state index in [9.17, 15) is 14.0 Å². The van der Waals surface area contributed by atoms with Crippen molar-refractivity contribution < 1.29 is 23.8 Å². The first-order valence-corrected chi connectivity index (χ1v) is 4.93. The van der Waals surface area contributed by atoms with Crippen LogP contribution in [0.1, 0.15) is 24.2 Å². The molecular formula is C11H12FNO4. The van der Waals surface area contributed by atoms with Crippen molar-refractivity contribution in [2.45, 2.75) is 13.8 Å². The van der Waals surface area contributed by atoms with Gasteiger partial charge < -0.3 is 15.2 Å². The molecule has 0 atom stereocenters. The van der Waals surface area contributed by atoms with Gasteiger partial charge in [0.05, 0.1) is 6.61 Å². The van der Waals surface area contributed by atoms with Gasteiger partial charge in [-0.1, -0.05) is 0 Å². The first-order chi connectivity index (χ1) is 7.97. The van der Waals surface area contributed by atoms with Crippen LogP contribution in [0.2, 0.25) is 0 Å². The number of carboxylic acids is 1. The molecule has 6 heteroatoms. The van der Waals surface area contributed by atoms with Gasteiger partial charge in [0.15, 0.2) is 0 Å². The fourth-order valence-electron chi connectivity index (χ4n) is 1.34. The molecule has 0 fully saturated rings. The summed E-state index contributed by atoms with van der Waals surface area (Å²) in [6.45, 7) is 3.17. The van der Waals surface area contributed by atoms with E-state index in [2.05, 4.69) is 5.32 Å². The van der Waals surface area contributed by atoms with Crippen LogP contribution in [-0.2, 0) is 4.79 Å². The second-order valence-corrected chi connectivity index (χ2v) is 3.21. The third-order valence-electron chi connectivity index (χ3n) is 1.93. The molecule has 5 nitrogen and oxygen atoms in total. The maximum absolute atomic E-state index is 13.4. The summed E-state index contributed by atoms with van der Waals surface area (Å²) in [6, 6.07) is 2.26. The molecular weight excluding hydrogens is 229 g/mol. The molecule has 0 aromatic heterocycles. The van der Waals surface area contributed by atoms with Crippen LogP contribution in [0, 0.1) is 5.82 Å². The first-order valence-electron chi connectivity index (χ1n) is 4.93. The molecule has 0 aliphatic carbocycles. The van der Waals surface area contributed by atoms with E-state index < -0.39 is 23.3 Å². The van der Waals surface area contributed by atoms with Gasteiger partial charge >= 0.3 is 5.97 Å². The average molecular weight is 241 g/mol. The van der Waals surface area contributed by atoms with Crippen LogP contribution in [0.25, 0.3) is 0 Å². The third kappa shape index (κ3) is 2.93. The molecule has 2 N–H and O–H groups in total. The highest BCUT2D eigenvalue weighted by Gasteiger charge is 2.21. The van der Waals surface area contributed by atoms with Crippen LogP contribution in [0.4, 0.5) is 10.1 Å². The second-order valence-electron chi connectivity index (χ2n) is 3.21. The molecule has 17 heavy (non-hydrogen) atoms. The molecule has 0 radical (unpaired) electrons. The lowest BCUT2D eigenvalue weighted by Gasteiger charge is -2.13. The predicted molar refractivity (Wildman–Crippen MR) is 58.8 cm³/mol. The van der Waals surface area contributed by atoms with Crippen LogP contribution < -0.4 is 10.1 Å². The van der Waals surface area contributed by atoms with Gasteiger partial charge in [-0.25, -0.2) is 9.18 Å². The number of ether oxygens (including phenoxy) is 1. The Hall–Kier alpha value is -2.11. The smallest absolute Gasteiger partial charge is 0.340 e. The maximum Gasteiger partial charge on any atom is 0.340 e.